The number of aryl methyl sites for hydroxylation is 2. The van der Waals surface area contributed by atoms with Gasteiger partial charge in [0, 0.05) is 18.5 Å². The number of para-hydroxylation sites is 2. The van der Waals surface area contributed by atoms with E-state index in [0.717, 1.165) is 48.2 Å². The van der Waals surface area contributed by atoms with Crippen molar-refractivity contribution in [3.63, 3.8) is 0 Å². The van der Waals surface area contributed by atoms with Gasteiger partial charge in [0.25, 0.3) is 0 Å². The molecule has 4 nitrogen and oxygen atoms in total. The first-order valence-corrected chi connectivity index (χ1v) is 8.57. The van der Waals surface area contributed by atoms with Gasteiger partial charge in [0.15, 0.2) is 0 Å². The fraction of sp³-hybridized carbons (Fsp3) is 0.300. The summed E-state index contributed by atoms with van der Waals surface area (Å²) in [6, 6.07) is 16.1. The lowest BCUT2D eigenvalue weighted by Gasteiger charge is -2.07. The number of anilines is 1. The fourth-order valence-corrected chi connectivity index (χ4v) is 2.75. The van der Waals surface area contributed by atoms with Gasteiger partial charge >= 0.3 is 0 Å². The highest BCUT2D eigenvalue weighted by Gasteiger charge is 2.05. The van der Waals surface area contributed by atoms with E-state index in [1.165, 1.54) is 5.56 Å². The maximum atomic E-state index is 11.8. The first-order chi connectivity index (χ1) is 11.7. The van der Waals surface area contributed by atoms with E-state index in [0.29, 0.717) is 6.42 Å². The fourth-order valence-electron chi connectivity index (χ4n) is 2.75. The van der Waals surface area contributed by atoms with E-state index in [2.05, 4.69) is 28.3 Å². The first-order valence-electron chi connectivity index (χ1n) is 8.57. The van der Waals surface area contributed by atoms with Crippen LogP contribution >= 0.6 is 0 Å². The summed E-state index contributed by atoms with van der Waals surface area (Å²) >= 11 is 0. The van der Waals surface area contributed by atoms with Gasteiger partial charge in [-0.2, -0.15) is 0 Å². The third-order valence-electron chi connectivity index (χ3n) is 4.06. The summed E-state index contributed by atoms with van der Waals surface area (Å²) in [6.07, 6.45) is 4.28. The zero-order valence-electron chi connectivity index (χ0n) is 14.0. The van der Waals surface area contributed by atoms with Crippen LogP contribution in [0.25, 0.3) is 11.0 Å². The van der Waals surface area contributed by atoms with Crippen molar-refractivity contribution in [3.05, 3.63) is 59.9 Å². The van der Waals surface area contributed by atoms with E-state index < -0.39 is 0 Å². The summed E-state index contributed by atoms with van der Waals surface area (Å²) in [7, 11) is 0. The lowest BCUT2D eigenvalue weighted by atomic mass is 10.1. The zero-order chi connectivity index (χ0) is 16.8. The molecule has 0 radical (unpaired) electrons. The number of amides is 1. The molecule has 24 heavy (non-hydrogen) atoms. The Morgan fingerprint density at radius 3 is 2.83 bits per heavy atom. The van der Waals surface area contributed by atoms with Crippen LogP contribution in [-0.4, -0.2) is 15.9 Å². The molecule has 0 atom stereocenters. The molecule has 0 saturated carbocycles. The first kappa shape index (κ1) is 16.2. The van der Waals surface area contributed by atoms with Gasteiger partial charge in [-0.25, -0.2) is 4.98 Å². The van der Waals surface area contributed by atoms with E-state index in [9.17, 15) is 4.79 Å². The van der Waals surface area contributed by atoms with Crippen molar-refractivity contribution in [3.8, 4) is 0 Å². The summed E-state index contributed by atoms with van der Waals surface area (Å²) in [5.74, 6) is 1.08. The minimum atomic E-state index is 0.0892. The largest absolute Gasteiger partial charge is 0.342 e. The van der Waals surface area contributed by atoms with Crippen LogP contribution in [-0.2, 0) is 17.6 Å². The lowest BCUT2D eigenvalue weighted by molar-refractivity contribution is -0.116. The Hall–Kier alpha value is -2.62. The number of carbonyl (C=O) groups excluding carboxylic acids is 1. The number of nitrogens with one attached hydrogen (secondary N) is 2. The van der Waals surface area contributed by atoms with Crippen LogP contribution in [0.15, 0.2) is 48.5 Å². The van der Waals surface area contributed by atoms with Crippen molar-refractivity contribution < 1.29 is 4.79 Å². The summed E-state index contributed by atoms with van der Waals surface area (Å²) in [5, 5.41) is 2.97. The van der Waals surface area contributed by atoms with Gasteiger partial charge in [-0.15, -0.1) is 0 Å². The Kier molecular flexibility index (Phi) is 5.26. The smallest absolute Gasteiger partial charge is 0.224 e. The molecule has 0 fully saturated rings. The topological polar surface area (TPSA) is 57.8 Å². The molecule has 124 valence electrons. The average Bonchev–Trinajstić information content (AvgIpc) is 3.01. The number of aromatic amines is 1. The number of hydrogen-bond donors (Lipinski definition) is 2. The number of H-pyrrole nitrogens is 1. The second-order valence-electron chi connectivity index (χ2n) is 6.05. The number of nitrogens with zero attached hydrogens (tertiary/aromatic N) is 1. The molecular weight excluding hydrogens is 298 g/mol. The van der Waals surface area contributed by atoms with Crippen LogP contribution in [0.2, 0.25) is 0 Å². The van der Waals surface area contributed by atoms with Crippen molar-refractivity contribution >= 4 is 22.6 Å². The maximum Gasteiger partial charge on any atom is 0.224 e. The predicted molar refractivity (Wildman–Crippen MR) is 98.1 cm³/mol. The highest BCUT2D eigenvalue weighted by molar-refractivity contribution is 5.90. The number of fused-ring (bicyclic) bond motifs is 1. The monoisotopic (exact) mass is 321 g/mol. The van der Waals surface area contributed by atoms with Crippen molar-refractivity contribution in [1.29, 1.82) is 0 Å². The van der Waals surface area contributed by atoms with E-state index >= 15 is 0 Å². The molecule has 0 aliphatic carbocycles. The van der Waals surface area contributed by atoms with Crippen molar-refractivity contribution in [1.82, 2.24) is 9.97 Å². The molecule has 1 heterocycles. The molecule has 0 saturated heterocycles. The van der Waals surface area contributed by atoms with Gasteiger partial charge in [0.05, 0.1) is 11.0 Å². The van der Waals surface area contributed by atoms with Gasteiger partial charge in [-0.1, -0.05) is 37.6 Å². The van der Waals surface area contributed by atoms with E-state index in [4.69, 9.17) is 0 Å². The molecule has 2 N–H and O–H groups in total. The number of rotatable bonds is 7. The van der Waals surface area contributed by atoms with Crippen LogP contribution in [0, 0.1) is 0 Å². The summed E-state index contributed by atoms with van der Waals surface area (Å²) < 4.78 is 0. The Bertz CT molecular complexity index is 789. The normalized spacial score (nSPS) is 10.9. The number of unbranched alkanes of at least 4 members (excludes halogenated alkanes) is 1. The van der Waals surface area contributed by atoms with Crippen LogP contribution in [0.4, 0.5) is 5.69 Å². The Morgan fingerprint density at radius 1 is 1.12 bits per heavy atom. The van der Waals surface area contributed by atoms with Gasteiger partial charge in [0.1, 0.15) is 5.82 Å². The van der Waals surface area contributed by atoms with Crippen LogP contribution in [0.5, 0.6) is 0 Å². The third kappa shape index (κ3) is 4.22. The molecule has 0 bridgehead atoms. The molecule has 0 aliphatic rings. The zero-order valence-corrected chi connectivity index (χ0v) is 14.0. The minimum Gasteiger partial charge on any atom is -0.342 e. The van der Waals surface area contributed by atoms with Crippen LogP contribution in [0.3, 0.4) is 0 Å². The number of aromatic nitrogens is 2. The number of benzene rings is 2. The summed E-state index contributed by atoms with van der Waals surface area (Å²) in [4.78, 5) is 19.8. The molecule has 1 amide bonds. The molecule has 1 aromatic heterocycles. The summed E-state index contributed by atoms with van der Waals surface area (Å²) in [5.41, 5.74) is 4.15. The summed E-state index contributed by atoms with van der Waals surface area (Å²) in [6.45, 7) is 2.09. The molecule has 4 heteroatoms. The second kappa shape index (κ2) is 7.77. The van der Waals surface area contributed by atoms with Crippen molar-refractivity contribution in [2.75, 3.05) is 5.32 Å². The van der Waals surface area contributed by atoms with Crippen LogP contribution < -0.4 is 5.32 Å². The van der Waals surface area contributed by atoms with Gasteiger partial charge < -0.3 is 10.3 Å². The Labute approximate surface area is 142 Å². The molecule has 0 spiro atoms. The number of hydrogen-bond acceptors (Lipinski definition) is 2. The molecule has 0 aliphatic heterocycles. The minimum absolute atomic E-state index is 0.0892. The van der Waals surface area contributed by atoms with E-state index in [1.807, 2.05) is 42.5 Å². The third-order valence-corrected chi connectivity index (χ3v) is 4.06. The maximum absolute atomic E-state index is 11.8. The second-order valence-corrected chi connectivity index (χ2v) is 6.05. The van der Waals surface area contributed by atoms with E-state index in [-0.39, 0.29) is 5.91 Å². The quantitative estimate of drug-likeness (QED) is 0.674. The number of imidazole rings is 1. The lowest BCUT2D eigenvalue weighted by Crippen LogP contribution is -2.11. The highest BCUT2D eigenvalue weighted by Crippen LogP contribution is 2.15. The standard InChI is InChI=1S/C20H23N3O/c1-2-3-11-20(24)21-16-8-6-7-15(14-16)12-13-19-22-17-9-4-5-10-18(17)23-19/h4-10,14H,2-3,11-13H2,1H3,(H,21,24)(H,22,23). The van der Waals surface area contributed by atoms with Crippen molar-refractivity contribution in [2.45, 2.75) is 39.0 Å². The Balaban J connectivity index is 1.60. The Morgan fingerprint density at radius 2 is 2.00 bits per heavy atom. The average molecular weight is 321 g/mol. The van der Waals surface area contributed by atoms with Gasteiger partial charge in [-0.05, 0) is 42.7 Å². The van der Waals surface area contributed by atoms with Crippen LogP contribution in [0.1, 0.15) is 37.6 Å². The highest BCUT2D eigenvalue weighted by atomic mass is 16.1. The SMILES string of the molecule is CCCCC(=O)Nc1cccc(CCc2nc3ccccc3[nH]2)c1. The molecular formula is C20H23N3O. The number of carbonyl (C=O) groups is 1. The molecule has 2 aromatic carbocycles. The molecule has 0 unspecified atom stereocenters. The van der Waals surface area contributed by atoms with Crippen molar-refractivity contribution in [2.24, 2.45) is 0 Å². The molecule has 3 rings (SSSR count). The van der Waals surface area contributed by atoms with Gasteiger partial charge in [0.2, 0.25) is 5.91 Å². The predicted octanol–water partition coefficient (Wildman–Crippen LogP) is 4.48. The van der Waals surface area contributed by atoms with Gasteiger partial charge in [-0.3, -0.25) is 4.79 Å². The molecule has 3 aromatic rings. The van der Waals surface area contributed by atoms with E-state index in [1.54, 1.807) is 0 Å².